The maximum atomic E-state index is 13.9. The molecule has 0 radical (unpaired) electrons. The number of aliphatic hydroxyl groups excluding tert-OH is 1. The smallest absolute Gasteiger partial charge is 0.408 e. The summed E-state index contributed by atoms with van der Waals surface area (Å²) in [6.45, 7) is 6.80. The minimum atomic E-state index is -0.575. The van der Waals surface area contributed by atoms with Crippen LogP contribution < -0.4 is 15.8 Å². The van der Waals surface area contributed by atoms with Crippen molar-refractivity contribution in [3.05, 3.63) is 70.5 Å². The van der Waals surface area contributed by atoms with Crippen molar-refractivity contribution in [1.82, 2.24) is 14.9 Å². The van der Waals surface area contributed by atoms with Crippen molar-refractivity contribution in [2.75, 3.05) is 18.0 Å². The highest BCUT2D eigenvalue weighted by Crippen LogP contribution is 2.44. The number of hydrogen-bond acceptors (Lipinski definition) is 7. The summed E-state index contributed by atoms with van der Waals surface area (Å²) in [4.78, 5) is 33.4. The van der Waals surface area contributed by atoms with E-state index in [-0.39, 0.29) is 11.7 Å². The van der Waals surface area contributed by atoms with Gasteiger partial charge in [-0.15, -0.1) is 0 Å². The molecule has 9 heteroatoms. The van der Waals surface area contributed by atoms with Crippen molar-refractivity contribution in [2.24, 2.45) is 7.05 Å². The summed E-state index contributed by atoms with van der Waals surface area (Å²) in [5, 5.41) is 13.5. The molecule has 2 aromatic heterocycles. The standard InChI is InChI=1S/C33H38N4O5/c1-32(2,3)42-31(40)35-33(17-8-18-33)23-13-11-22(12-14-23)27-25(21-9-6-5-7-10-21)26-28(41-27)34-30(36(4)29(26)39)37-19-15-24(38)16-20-37/h5-7,9-14,24,38H,8,15-20H2,1-4H3,(H,35,40). The normalized spacial score (nSPS) is 17.2. The maximum absolute atomic E-state index is 13.9. The lowest BCUT2D eigenvalue weighted by Crippen LogP contribution is -2.52. The number of nitrogens with zero attached hydrogens (tertiary/aromatic N) is 3. The van der Waals surface area contributed by atoms with E-state index in [2.05, 4.69) is 5.32 Å². The molecule has 4 aromatic rings. The van der Waals surface area contributed by atoms with Crippen molar-refractivity contribution in [3.8, 4) is 22.5 Å². The van der Waals surface area contributed by atoms with Gasteiger partial charge in [-0.1, -0.05) is 54.6 Å². The second-order valence-electron chi connectivity index (χ2n) is 12.5. The molecular formula is C33H38N4O5. The van der Waals surface area contributed by atoms with Crippen molar-refractivity contribution >= 4 is 23.1 Å². The number of alkyl carbamates (subject to hydrolysis) is 1. The zero-order valence-corrected chi connectivity index (χ0v) is 24.6. The number of carbonyl (C=O) groups excluding carboxylic acids is 1. The van der Waals surface area contributed by atoms with E-state index >= 15 is 0 Å². The van der Waals surface area contributed by atoms with Crippen LogP contribution in [0.25, 0.3) is 33.6 Å². The van der Waals surface area contributed by atoms with Gasteiger partial charge in [0, 0.05) is 31.3 Å². The molecule has 2 N–H and O–H groups in total. The Morgan fingerprint density at radius 1 is 1.05 bits per heavy atom. The van der Waals surface area contributed by atoms with Gasteiger partial charge in [-0.05, 0) is 64.0 Å². The van der Waals surface area contributed by atoms with Crippen molar-refractivity contribution < 1.29 is 19.1 Å². The third-order valence-corrected chi connectivity index (χ3v) is 8.37. The lowest BCUT2D eigenvalue weighted by atomic mass is 9.71. The number of ether oxygens (including phenoxy) is 1. The highest BCUT2D eigenvalue weighted by atomic mass is 16.6. The van der Waals surface area contributed by atoms with Crippen LogP contribution in [0.3, 0.4) is 0 Å². The molecule has 1 saturated carbocycles. The first-order valence-electron chi connectivity index (χ1n) is 14.7. The molecule has 0 unspecified atom stereocenters. The van der Waals surface area contributed by atoms with E-state index in [0.29, 0.717) is 54.3 Å². The number of aliphatic hydroxyl groups is 1. The highest BCUT2D eigenvalue weighted by molar-refractivity contribution is 6.00. The van der Waals surface area contributed by atoms with Crippen molar-refractivity contribution in [2.45, 2.75) is 70.1 Å². The molecule has 1 aliphatic carbocycles. The topological polar surface area (TPSA) is 110 Å². The number of hydrogen-bond donors (Lipinski definition) is 2. The van der Waals surface area contributed by atoms with Crippen LogP contribution in [-0.2, 0) is 17.3 Å². The summed E-state index contributed by atoms with van der Waals surface area (Å²) in [6.07, 6.45) is 3.20. The third-order valence-electron chi connectivity index (χ3n) is 8.37. The summed E-state index contributed by atoms with van der Waals surface area (Å²) >= 11 is 0. The Labute approximate surface area is 245 Å². The van der Waals surface area contributed by atoms with Gasteiger partial charge in [0.15, 0.2) is 0 Å². The van der Waals surface area contributed by atoms with E-state index in [4.69, 9.17) is 14.1 Å². The molecule has 0 atom stereocenters. The van der Waals surface area contributed by atoms with Crippen molar-refractivity contribution in [3.63, 3.8) is 0 Å². The average molecular weight is 571 g/mol. The van der Waals surface area contributed by atoms with Gasteiger partial charge in [-0.25, -0.2) is 4.79 Å². The highest BCUT2D eigenvalue weighted by Gasteiger charge is 2.41. The Balaban J connectivity index is 1.41. The number of nitrogens with one attached hydrogen (secondary N) is 1. The van der Waals surface area contributed by atoms with E-state index < -0.39 is 17.2 Å². The molecule has 1 aliphatic heterocycles. The molecule has 0 spiro atoms. The van der Waals surface area contributed by atoms with Crippen LogP contribution >= 0.6 is 0 Å². The quantitative estimate of drug-likeness (QED) is 0.316. The van der Waals surface area contributed by atoms with E-state index in [1.165, 1.54) is 0 Å². The maximum Gasteiger partial charge on any atom is 0.408 e. The average Bonchev–Trinajstić information content (AvgIpc) is 3.33. The van der Waals surface area contributed by atoms with E-state index in [1.807, 2.05) is 80.3 Å². The van der Waals surface area contributed by atoms with E-state index in [0.717, 1.165) is 36.0 Å². The number of amides is 1. The van der Waals surface area contributed by atoms with Gasteiger partial charge in [0.2, 0.25) is 11.7 Å². The lowest BCUT2D eigenvalue weighted by Gasteiger charge is -2.43. The van der Waals surface area contributed by atoms with Gasteiger partial charge in [-0.3, -0.25) is 9.36 Å². The molecule has 3 heterocycles. The first-order valence-corrected chi connectivity index (χ1v) is 14.7. The Kier molecular flexibility index (Phi) is 7.09. The van der Waals surface area contributed by atoms with Crippen molar-refractivity contribution in [1.29, 1.82) is 0 Å². The van der Waals surface area contributed by atoms with Crippen LogP contribution in [0, 0.1) is 0 Å². The Hall–Kier alpha value is -4.11. The lowest BCUT2D eigenvalue weighted by molar-refractivity contribution is 0.0377. The molecule has 2 aliphatic rings. The number of rotatable bonds is 5. The van der Waals surface area contributed by atoms with E-state index in [9.17, 15) is 14.7 Å². The Morgan fingerprint density at radius 2 is 1.71 bits per heavy atom. The van der Waals surface area contributed by atoms with Gasteiger partial charge in [0.1, 0.15) is 16.7 Å². The minimum absolute atomic E-state index is 0.179. The number of anilines is 1. The molecule has 1 amide bonds. The fourth-order valence-corrected chi connectivity index (χ4v) is 6.01. The Morgan fingerprint density at radius 3 is 2.31 bits per heavy atom. The SMILES string of the molecule is Cn1c(N2CCC(O)CC2)nc2oc(-c3ccc(C4(NC(=O)OC(C)(C)C)CCC4)cc3)c(-c3ccccc3)c2c1=O. The van der Waals surface area contributed by atoms with Crippen LogP contribution in [0.15, 0.2) is 63.8 Å². The van der Waals surface area contributed by atoms with E-state index in [1.54, 1.807) is 11.6 Å². The molecule has 6 rings (SSSR count). The molecule has 2 fully saturated rings. The number of benzene rings is 2. The number of fused-ring (bicyclic) bond motifs is 1. The summed E-state index contributed by atoms with van der Waals surface area (Å²) in [6, 6.07) is 17.7. The zero-order valence-electron chi connectivity index (χ0n) is 24.6. The van der Waals surface area contributed by atoms with Crippen LogP contribution in [0.1, 0.15) is 58.4 Å². The second-order valence-corrected chi connectivity index (χ2v) is 12.5. The van der Waals surface area contributed by atoms with Crippen LogP contribution in [-0.4, -0.2) is 45.5 Å². The van der Waals surface area contributed by atoms with Crippen LogP contribution in [0.5, 0.6) is 0 Å². The summed E-state index contributed by atoms with van der Waals surface area (Å²) in [7, 11) is 1.74. The molecule has 42 heavy (non-hydrogen) atoms. The minimum Gasteiger partial charge on any atom is -0.444 e. The Bertz CT molecular complexity index is 1660. The van der Waals surface area contributed by atoms with Gasteiger partial charge in [-0.2, -0.15) is 4.98 Å². The monoisotopic (exact) mass is 570 g/mol. The first kappa shape index (κ1) is 28.0. The summed E-state index contributed by atoms with van der Waals surface area (Å²) < 4.78 is 13.5. The van der Waals surface area contributed by atoms with Gasteiger partial charge in [0.05, 0.1) is 11.6 Å². The van der Waals surface area contributed by atoms with Crippen LogP contribution in [0.2, 0.25) is 0 Å². The number of furan rings is 1. The predicted molar refractivity (Wildman–Crippen MR) is 162 cm³/mol. The summed E-state index contributed by atoms with van der Waals surface area (Å²) in [5.74, 6) is 1.11. The predicted octanol–water partition coefficient (Wildman–Crippen LogP) is 5.73. The molecule has 220 valence electrons. The zero-order chi connectivity index (χ0) is 29.6. The molecule has 1 saturated heterocycles. The fraction of sp³-hybridized carbons (Fsp3) is 0.424. The van der Waals surface area contributed by atoms with Crippen LogP contribution in [0.4, 0.5) is 10.7 Å². The first-order chi connectivity index (χ1) is 20.0. The van der Waals surface area contributed by atoms with Gasteiger partial charge >= 0.3 is 6.09 Å². The molecular weight excluding hydrogens is 532 g/mol. The number of carbonyl (C=O) groups is 1. The largest absolute Gasteiger partial charge is 0.444 e. The number of aromatic nitrogens is 2. The third kappa shape index (κ3) is 5.17. The van der Waals surface area contributed by atoms with Gasteiger partial charge < -0.3 is 24.5 Å². The van der Waals surface area contributed by atoms with Gasteiger partial charge in [0.25, 0.3) is 5.56 Å². The fourth-order valence-electron chi connectivity index (χ4n) is 6.01. The molecule has 0 bridgehead atoms. The number of piperidine rings is 1. The second kappa shape index (κ2) is 10.6. The summed E-state index contributed by atoms with van der Waals surface area (Å²) in [5.41, 5.74) is 2.46. The molecule has 2 aromatic carbocycles. The molecule has 9 nitrogen and oxygen atoms in total.